The predicted molar refractivity (Wildman–Crippen MR) is 76.7 cm³/mol. The fraction of sp³-hybridized carbons (Fsp3) is 0.533. The van der Waals surface area contributed by atoms with Crippen LogP contribution in [0.3, 0.4) is 0 Å². The third-order valence-corrected chi connectivity index (χ3v) is 3.34. The maximum atomic E-state index is 11.1. The highest BCUT2D eigenvalue weighted by Gasteiger charge is 2.20. The highest BCUT2D eigenvalue weighted by molar-refractivity contribution is 5.73. The standard InChI is InChI=1S/C15H22N2O2/c1-3-19-15-8-6-14(7-9-15)17-10-4-5-13(11-17)16-12(2)18/h6-9,13H,3-5,10-11H2,1-2H3,(H,16,18). The molecular weight excluding hydrogens is 240 g/mol. The van der Waals surface area contributed by atoms with E-state index in [9.17, 15) is 4.79 Å². The van der Waals surface area contributed by atoms with Crippen LogP contribution in [-0.2, 0) is 4.79 Å². The van der Waals surface area contributed by atoms with Gasteiger partial charge in [-0.2, -0.15) is 0 Å². The molecule has 0 saturated carbocycles. The molecule has 104 valence electrons. The molecule has 0 aliphatic carbocycles. The Kier molecular flexibility index (Phi) is 4.66. The van der Waals surface area contributed by atoms with Crippen molar-refractivity contribution in [3.63, 3.8) is 0 Å². The van der Waals surface area contributed by atoms with Gasteiger partial charge in [-0.15, -0.1) is 0 Å². The number of nitrogens with zero attached hydrogens (tertiary/aromatic N) is 1. The van der Waals surface area contributed by atoms with Crippen molar-refractivity contribution in [3.8, 4) is 5.75 Å². The molecule has 1 heterocycles. The normalized spacial score (nSPS) is 19.1. The van der Waals surface area contributed by atoms with Crippen molar-refractivity contribution in [3.05, 3.63) is 24.3 Å². The number of carbonyl (C=O) groups excluding carboxylic acids is 1. The van der Waals surface area contributed by atoms with E-state index in [0.717, 1.165) is 31.7 Å². The van der Waals surface area contributed by atoms with E-state index >= 15 is 0 Å². The Bertz CT molecular complexity index is 417. The molecular formula is C15H22N2O2. The number of nitrogens with one attached hydrogen (secondary N) is 1. The van der Waals surface area contributed by atoms with Crippen molar-refractivity contribution < 1.29 is 9.53 Å². The van der Waals surface area contributed by atoms with Crippen LogP contribution in [0, 0.1) is 0 Å². The highest BCUT2D eigenvalue weighted by atomic mass is 16.5. The molecule has 0 aromatic heterocycles. The van der Waals surface area contributed by atoms with E-state index in [-0.39, 0.29) is 11.9 Å². The van der Waals surface area contributed by atoms with Gasteiger partial charge in [0.05, 0.1) is 6.61 Å². The Labute approximate surface area is 114 Å². The van der Waals surface area contributed by atoms with Crippen molar-refractivity contribution in [1.29, 1.82) is 0 Å². The summed E-state index contributed by atoms with van der Waals surface area (Å²) in [6.07, 6.45) is 2.17. The van der Waals surface area contributed by atoms with E-state index in [2.05, 4.69) is 22.3 Å². The molecule has 1 unspecified atom stereocenters. The average molecular weight is 262 g/mol. The van der Waals surface area contributed by atoms with Crippen LogP contribution in [0.15, 0.2) is 24.3 Å². The summed E-state index contributed by atoms with van der Waals surface area (Å²) < 4.78 is 5.45. The number of hydrogen-bond acceptors (Lipinski definition) is 3. The maximum Gasteiger partial charge on any atom is 0.217 e. The Morgan fingerprint density at radius 2 is 2.16 bits per heavy atom. The van der Waals surface area contributed by atoms with Crippen molar-refractivity contribution >= 4 is 11.6 Å². The summed E-state index contributed by atoms with van der Waals surface area (Å²) in [5.41, 5.74) is 1.19. The lowest BCUT2D eigenvalue weighted by Gasteiger charge is -2.34. The molecule has 1 amide bonds. The number of piperidine rings is 1. The van der Waals surface area contributed by atoms with E-state index in [1.165, 1.54) is 5.69 Å². The van der Waals surface area contributed by atoms with Gasteiger partial charge in [0, 0.05) is 31.7 Å². The zero-order chi connectivity index (χ0) is 13.7. The third kappa shape index (κ3) is 3.88. The second-order valence-electron chi connectivity index (χ2n) is 4.91. The molecule has 1 atom stereocenters. The summed E-state index contributed by atoms with van der Waals surface area (Å²) in [5.74, 6) is 0.959. The van der Waals surface area contributed by atoms with Gasteiger partial charge in [-0.1, -0.05) is 0 Å². The molecule has 0 bridgehead atoms. The van der Waals surface area contributed by atoms with Crippen LogP contribution in [0.25, 0.3) is 0 Å². The molecule has 1 aromatic carbocycles. The number of ether oxygens (including phenoxy) is 1. The fourth-order valence-corrected chi connectivity index (χ4v) is 2.54. The summed E-state index contributed by atoms with van der Waals surface area (Å²) in [5, 5.41) is 3.01. The van der Waals surface area contributed by atoms with Gasteiger partial charge in [0.15, 0.2) is 0 Å². The number of rotatable bonds is 4. The lowest BCUT2D eigenvalue weighted by molar-refractivity contribution is -0.119. The van der Waals surface area contributed by atoms with Gasteiger partial charge in [0.2, 0.25) is 5.91 Å². The smallest absolute Gasteiger partial charge is 0.217 e. The van der Waals surface area contributed by atoms with Gasteiger partial charge in [-0.3, -0.25) is 4.79 Å². The third-order valence-electron chi connectivity index (χ3n) is 3.34. The summed E-state index contributed by atoms with van der Waals surface area (Å²) in [6, 6.07) is 8.43. The molecule has 0 spiro atoms. The number of anilines is 1. The van der Waals surface area contributed by atoms with E-state index in [0.29, 0.717) is 6.61 Å². The molecule has 1 aliphatic heterocycles. The number of amides is 1. The van der Waals surface area contributed by atoms with Crippen molar-refractivity contribution in [2.45, 2.75) is 32.7 Å². The molecule has 1 N–H and O–H groups in total. The maximum absolute atomic E-state index is 11.1. The summed E-state index contributed by atoms with van der Waals surface area (Å²) in [6.45, 7) is 6.18. The SMILES string of the molecule is CCOc1ccc(N2CCCC(NC(C)=O)C2)cc1. The molecule has 0 radical (unpaired) electrons. The summed E-state index contributed by atoms with van der Waals surface area (Å²) in [7, 11) is 0. The van der Waals surface area contributed by atoms with Gasteiger partial charge in [0.1, 0.15) is 5.75 Å². The Balaban J connectivity index is 1.98. The topological polar surface area (TPSA) is 41.6 Å². The summed E-state index contributed by atoms with van der Waals surface area (Å²) >= 11 is 0. The van der Waals surface area contributed by atoms with E-state index in [1.807, 2.05) is 19.1 Å². The van der Waals surface area contributed by atoms with Crippen LogP contribution in [0.4, 0.5) is 5.69 Å². The monoisotopic (exact) mass is 262 g/mol. The van der Waals surface area contributed by atoms with Crippen LogP contribution in [0.5, 0.6) is 5.75 Å². The lowest BCUT2D eigenvalue weighted by atomic mass is 10.0. The quantitative estimate of drug-likeness (QED) is 0.904. The van der Waals surface area contributed by atoms with Gasteiger partial charge >= 0.3 is 0 Å². The first-order valence-corrected chi connectivity index (χ1v) is 6.94. The molecule has 19 heavy (non-hydrogen) atoms. The zero-order valence-corrected chi connectivity index (χ0v) is 11.7. The summed E-state index contributed by atoms with van der Waals surface area (Å²) in [4.78, 5) is 13.4. The van der Waals surface area contributed by atoms with E-state index in [4.69, 9.17) is 4.74 Å². The van der Waals surface area contributed by atoms with E-state index < -0.39 is 0 Å². The molecule has 1 saturated heterocycles. The number of benzene rings is 1. The van der Waals surface area contributed by atoms with Crippen LogP contribution in [0.2, 0.25) is 0 Å². The Morgan fingerprint density at radius 1 is 1.42 bits per heavy atom. The second kappa shape index (κ2) is 6.45. The Hall–Kier alpha value is -1.71. The predicted octanol–water partition coefficient (Wildman–Crippen LogP) is 2.19. The van der Waals surface area contributed by atoms with Gasteiger partial charge in [-0.05, 0) is 44.0 Å². The molecule has 4 heteroatoms. The van der Waals surface area contributed by atoms with E-state index in [1.54, 1.807) is 6.92 Å². The Morgan fingerprint density at radius 3 is 2.79 bits per heavy atom. The first kappa shape index (κ1) is 13.7. The fourth-order valence-electron chi connectivity index (χ4n) is 2.54. The molecule has 1 fully saturated rings. The molecule has 4 nitrogen and oxygen atoms in total. The van der Waals surface area contributed by atoms with Crippen LogP contribution >= 0.6 is 0 Å². The minimum Gasteiger partial charge on any atom is -0.494 e. The van der Waals surface area contributed by atoms with Gasteiger partial charge in [0.25, 0.3) is 0 Å². The molecule has 1 aliphatic rings. The zero-order valence-electron chi connectivity index (χ0n) is 11.7. The number of hydrogen-bond donors (Lipinski definition) is 1. The van der Waals surface area contributed by atoms with Crippen LogP contribution < -0.4 is 15.0 Å². The van der Waals surface area contributed by atoms with Crippen molar-refractivity contribution in [1.82, 2.24) is 5.32 Å². The lowest BCUT2D eigenvalue weighted by Crippen LogP contribution is -2.47. The first-order chi connectivity index (χ1) is 9.19. The highest BCUT2D eigenvalue weighted by Crippen LogP contribution is 2.23. The van der Waals surface area contributed by atoms with Crippen LogP contribution in [0.1, 0.15) is 26.7 Å². The molecule has 1 aromatic rings. The largest absolute Gasteiger partial charge is 0.494 e. The second-order valence-corrected chi connectivity index (χ2v) is 4.91. The minimum atomic E-state index is 0.0542. The van der Waals surface area contributed by atoms with Crippen molar-refractivity contribution in [2.75, 3.05) is 24.6 Å². The van der Waals surface area contributed by atoms with Gasteiger partial charge in [-0.25, -0.2) is 0 Å². The van der Waals surface area contributed by atoms with Gasteiger partial charge < -0.3 is 15.0 Å². The number of carbonyl (C=O) groups is 1. The minimum absolute atomic E-state index is 0.0542. The van der Waals surface area contributed by atoms with Crippen LogP contribution in [-0.4, -0.2) is 31.6 Å². The average Bonchev–Trinajstić information content (AvgIpc) is 2.39. The van der Waals surface area contributed by atoms with Crippen molar-refractivity contribution in [2.24, 2.45) is 0 Å². The molecule has 2 rings (SSSR count). The first-order valence-electron chi connectivity index (χ1n) is 6.94.